The minimum atomic E-state index is -0.576. The summed E-state index contributed by atoms with van der Waals surface area (Å²) in [5.74, 6) is 0.0837. The number of piperidine rings is 1. The Kier molecular flexibility index (Phi) is 8.82. The molecule has 1 aromatic heterocycles. The number of hydrogen-bond donors (Lipinski definition) is 2. The number of rotatable bonds is 5. The summed E-state index contributed by atoms with van der Waals surface area (Å²) in [5, 5.41) is 11.0. The second-order valence-corrected chi connectivity index (χ2v) is 7.15. The topological polar surface area (TPSA) is 71.4 Å². The Labute approximate surface area is 168 Å². The third-order valence-corrected chi connectivity index (χ3v) is 5.75. The molecule has 3 rings (SSSR count). The van der Waals surface area contributed by atoms with Crippen LogP contribution >= 0.6 is 24.8 Å². The van der Waals surface area contributed by atoms with Crippen molar-refractivity contribution in [3.8, 4) is 0 Å². The van der Waals surface area contributed by atoms with Crippen molar-refractivity contribution in [3.05, 3.63) is 18.5 Å². The Morgan fingerprint density at radius 3 is 2.42 bits per heavy atom. The van der Waals surface area contributed by atoms with E-state index < -0.39 is 5.54 Å². The molecule has 3 heterocycles. The zero-order valence-corrected chi connectivity index (χ0v) is 17.2. The first-order chi connectivity index (χ1) is 11.6. The van der Waals surface area contributed by atoms with Gasteiger partial charge in [-0.2, -0.15) is 5.10 Å². The molecule has 0 aromatic carbocycles. The maximum absolute atomic E-state index is 13.2. The Hall–Kier alpha value is -0.860. The molecule has 1 amide bonds. The smallest absolute Gasteiger partial charge is 0.248 e. The van der Waals surface area contributed by atoms with Crippen molar-refractivity contribution in [2.45, 2.75) is 36.8 Å². The monoisotopic (exact) mass is 407 g/mol. The van der Waals surface area contributed by atoms with Gasteiger partial charge in [-0.3, -0.25) is 9.48 Å². The van der Waals surface area contributed by atoms with Crippen molar-refractivity contribution in [1.82, 2.24) is 25.3 Å². The van der Waals surface area contributed by atoms with Gasteiger partial charge in [-0.25, -0.2) is 0 Å². The largest absolute Gasteiger partial charge is 0.381 e. The molecule has 0 spiro atoms. The summed E-state index contributed by atoms with van der Waals surface area (Å²) in [6.45, 7) is 3.82. The van der Waals surface area contributed by atoms with E-state index in [0.29, 0.717) is 6.54 Å². The van der Waals surface area contributed by atoms with Crippen LogP contribution in [0.25, 0.3) is 0 Å². The summed E-state index contributed by atoms with van der Waals surface area (Å²) >= 11 is 0. The molecule has 2 saturated heterocycles. The summed E-state index contributed by atoms with van der Waals surface area (Å²) in [6, 6.07) is 1.89. The molecular weight excluding hydrogens is 377 g/mol. The predicted octanol–water partition coefficient (Wildman–Crippen LogP) is 1.03. The van der Waals surface area contributed by atoms with Crippen molar-refractivity contribution in [3.63, 3.8) is 0 Å². The van der Waals surface area contributed by atoms with Gasteiger partial charge in [-0.1, -0.05) is 0 Å². The minimum absolute atomic E-state index is 0. The molecule has 0 unspecified atom stereocenters. The third-order valence-electron chi connectivity index (χ3n) is 5.75. The number of hydrogen-bond acceptors (Lipinski definition) is 5. The zero-order valence-electron chi connectivity index (χ0n) is 15.6. The minimum Gasteiger partial charge on any atom is -0.381 e. The van der Waals surface area contributed by atoms with Crippen LogP contribution in [0.1, 0.15) is 25.7 Å². The average Bonchev–Trinajstić information content (AvgIpc) is 3.16. The molecule has 2 fully saturated rings. The van der Waals surface area contributed by atoms with E-state index in [1.807, 2.05) is 16.9 Å². The molecule has 7 nitrogen and oxygen atoms in total. The lowest BCUT2D eigenvalue weighted by atomic mass is 9.85. The normalized spacial score (nSPS) is 21.3. The molecule has 150 valence electrons. The van der Waals surface area contributed by atoms with Gasteiger partial charge in [0.25, 0.3) is 0 Å². The number of likely N-dealkylation sites (N-methyl/N-ethyl adjacent to an activating group) is 1. The molecule has 0 saturated carbocycles. The standard InChI is InChI=1S/C17H29N5O2.2ClH/c1-21(2)16(6-12-24-13-7-16)14-19-15(23)17(4-9-18-10-5-17)22-11-3-8-20-22;;/h3,8,11,18H,4-7,9-10,12-14H2,1-2H3,(H,19,23);2*1H. The molecular formula is C17H31Cl2N5O2. The van der Waals surface area contributed by atoms with Gasteiger partial charge in [0.15, 0.2) is 0 Å². The van der Waals surface area contributed by atoms with Gasteiger partial charge >= 0.3 is 0 Å². The average molecular weight is 408 g/mol. The lowest BCUT2D eigenvalue weighted by Crippen LogP contribution is -2.60. The number of amides is 1. The van der Waals surface area contributed by atoms with E-state index in [2.05, 4.69) is 34.7 Å². The van der Waals surface area contributed by atoms with Crippen LogP contribution in [0.15, 0.2) is 18.5 Å². The van der Waals surface area contributed by atoms with Gasteiger partial charge in [0, 0.05) is 37.7 Å². The van der Waals surface area contributed by atoms with Crippen LogP contribution in [0.3, 0.4) is 0 Å². The fourth-order valence-corrected chi connectivity index (χ4v) is 3.87. The van der Waals surface area contributed by atoms with E-state index in [4.69, 9.17) is 4.74 Å². The van der Waals surface area contributed by atoms with Gasteiger partial charge in [-0.05, 0) is 58.9 Å². The Bertz CT molecular complexity index is 541. The van der Waals surface area contributed by atoms with Crippen molar-refractivity contribution in [2.75, 3.05) is 46.9 Å². The first-order valence-corrected chi connectivity index (χ1v) is 8.83. The number of nitrogens with one attached hydrogen (secondary N) is 2. The third kappa shape index (κ3) is 4.51. The first-order valence-electron chi connectivity index (χ1n) is 8.83. The van der Waals surface area contributed by atoms with Crippen LogP contribution in [0.4, 0.5) is 0 Å². The van der Waals surface area contributed by atoms with Crippen LogP contribution < -0.4 is 10.6 Å². The van der Waals surface area contributed by atoms with E-state index in [0.717, 1.165) is 52.0 Å². The van der Waals surface area contributed by atoms with E-state index in [-0.39, 0.29) is 36.3 Å². The second-order valence-electron chi connectivity index (χ2n) is 7.15. The van der Waals surface area contributed by atoms with Gasteiger partial charge in [0.2, 0.25) is 5.91 Å². The van der Waals surface area contributed by atoms with Crippen molar-refractivity contribution >= 4 is 30.7 Å². The Morgan fingerprint density at radius 1 is 1.23 bits per heavy atom. The molecule has 2 aliphatic rings. The highest BCUT2D eigenvalue weighted by Crippen LogP contribution is 2.29. The molecule has 0 atom stereocenters. The number of aromatic nitrogens is 2. The maximum Gasteiger partial charge on any atom is 0.248 e. The van der Waals surface area contributed by atoms with E-state index in [1.165, 1.54) is 0 Å². The highest BCUT2D eigenvalue weighted by Gasteiger charge is 2.43. The summed E-state index contributed by atoms with van der Waals surface area (Å²) in [5.41, 5.74) is -0.598. The molecule has 26 heavy (non-hydrogen) atoms. The van der Waals surface area contributed by atoms with Crippen LogP contribution in [-0.2, 0) is 15.1 Å². The van der Waals surface area contributed by atoms with Gasteiger partial charge in [-0.15, -0.1) is 24.8 Å². The van der Waals surface area contributed by atoms with E-state index in [1.54, 1.807) is 6.20 Å². The highest BCUT2D eigenvalue weighted by atomic mass is 35.5. The summed E-state index contributed by atoms with van der Waals surface area (Å²) in [7, 11) is 4.18. The van der Waals surface area contributed by atoms with Gasteiger partial charge < -0.3 is 20.3 Å². The molecule has 2 N–H and O–H groups in total. The lowest BCUT2D eigenvalue weighted by molar-refractivity contribution is -0.133. The summed E-state index contributed by atoms with van der Waals surface area (Å²) < 4.78 is 7.36. The number of carbonyl (C=O) groups excluding carboxylic acids is 1. The Balaban J connectivity index is 0.00000169. The van der Waals surface area contributed by atoms with Crippen LogP contribution in [-0.4, -0.2) is 73.1 Å². The van der Waals surface area contributed by atoms with Crippen molar-refractivity contribution < 1.29 is 9.53 Å². The lowest BCUT2D eigenvalue weighted by Gasteiger charge is -2.44. The summed E-state index contributed by atoms with van der Waals surface area (Å²) in [4.78, 5) is 15.4. The first kappa shape index (κ1) is 23.2. The van der Waals surface area contributed by atoms with Crippen molar-refractivity contribution in [2.24, 2.45) is 0 Å². The highest BCUT2D eigenvalue weighted by molar-refractivity contribution is 5.85. The number of halogens is 2. The molecule has 2 aliphatic heterocycles. The molecule has 0 radical (unpaired) electrons. The summed E-state index contributed by atoms with van der Waals surface area (Å²) in [6.07, 6.45) is 7.06. The SMILES string of the molecule is CN(C)C1(CNC(=O)C2(n3cccn3)CCNCC2)CCOCC1.Cl.Cl. The fraction of sp³-hybridized carbons (Fsp3) is 0.765. The Morgan fingerprint density at radius 2 is 1.88 bits per heavy atom. The number of nitrogens with zero attached hydrogens (tertiary/aromatic N) is 3. The second kappa shape index (κ2) is 9.90. The molecule has 1 aromatic rings. The zero-order chi connectivity index (χ0) is 17.0. The maximum atomic E-state index is 13.2. The molecule has 0 bridgehead atoms. The number of carbonyl (C=O) groups is 1. The molecule has 9 heteroatoms. The molecule has 0 aliphatic carbocycles. The van der Waals surface area contributed by atoms with Crippen LogP contribution in [0.2, 0.25) is 0 Å². The predicted molar refractivity (Wildman–Crippen MR) is 106 cm³/mol. The number of ether oxygens (including phenoxy) is 1. The van der Waals surface area contributed by atoms with Crippen LogP contribution in [0, 0.1) is 0 Å². The van der Waals surface area contributed by atoms with Crippen molar-refractivity contribution in [1.29, 1.82) is 0 Å². The van der Waals surface area contributed by atoms with E-state index >= 15 is 0 Å². The van der Waals surface area contributed by atoms with Gasteiger partial charge in [0.1, 0.15) is 5.54 Å². The van der Waals surface area contributed by atoms with Gasteiger partial charge in [0.05, 0.1) is 0 Å². The fourth-order valence-electron chi connectivity index (χ4n) is 3.87. The van der Waals surface area contributed by atoms with Crippen LogP contribution in [0.5, 0.6) is 0 Å². The quantitative estimate of drug-likeness (QED) is 0.762. The van der Waals surface area contributed by atoms with E-state index in [9.17, 15) is 4.79 Å².